The predicted octanol–water partition coefficient (Wildman–Crippen LogP) is 3.82. The maximum atomic E-state index is 13.1. The van der Waals surface area contributed by atoms with Crippen molar-refractivity contribution in [1.29, 1.82) is 0 Å². The lowest BCUT2D eigenvalue weighted by atomic mass is 10.1. The molecule has 0 fully saturated rings. The van der Waals surface area contributed by atoms with Crippen LogP contribution >= 0.6 is 0 Å². The van der Waals surface area contributed by atoms with Crippen molar-refractivity contribution < 1.29 is 14.3 Å². The van der Waals surface area contributed by atoms with E-state index in [4.69, 9.17) is 9.47 Å². The molecule has 34 heavy (non-hydrogen) atoms. The fourth-order valence-corrected chi connectivity index (χ4v) is 3.77. The van der Waals surface area contributed by atoms with Crippen LogP contribution in [0.2, 0.25) is 0 Å². The Morgan fingerprint density at radius 1 is 1.06 bits per heavy atom. The van der Waals surface area contributed by atoms with E-state index in [0.717, 1.165) is 12.0 Å². The van der Waals surface area contributed by atoms with Gasteiger partial charge in [-0.25, -0.2) is 9.97 Å². The van der Waals surface area contributed by atoms with Crippen LogP contribution in [0.1, 0.15) is 29.3 Å². The summed E-state index contributed by atoms with van der Waals surface area (Å²) in [6.45, 7) is 2.84. The van der Waals surface area contributed by atoms with Gasteiger partial charge in [-0.3, -0.25) is 14.2 Å². The number of carbonyl (C=O) groups excluding carboxylic acids is 1. The Morgan fingerprint density at radius 2 is 1.85 bits per heavy atom. The summed E-state index contributed by atoms with van der Waals surface area (Å²) in [7, 11) is 3.17. The topological polar surface area (TPSA) is 95.3 Å². The lowest BCUT2D eigenvalue weighted by Gasteiger charge is -2.12. The van der Waals surface area contributed by atoms with E-state index >= 15 is 0 Å². The Bertz CT molecular complexity index is 1380. The predicted molar refractivity (Wildman–Crippen MR) is 130 cm³/mol. The van der Waals surface area contributed by atoms with Gasteiger partial charge in [-0.15, -0.1) is 0 Å². The van der Waals surface area contributed by atoms with Crippen LogP contribution in [0.5, 0.6) is 11.5 Å². The molecule has 1 amide bonds. The number of rotatable bonds is 8. The summed E-state index contributed by atoms with van der Waals surface area (Å²) in [6, 6.07) is 15.9. The first kappa shape index (κ1) is 23.0. The van der Waals surface area contributed by atoms with E-state index in [1.807, 2.05) is 19.1 Å². The molecule has 0 spiro atoms. The largest absolute Gasteiger partial charge is 0.497 e. The first-order valence-electron chi connectivity index (χ1n) is 11.0. The Morgan fingerprint density at radius 3 is 2.56 bits per heavy atom. The third-order valence-electron chi connectivity index (χ3n) is 5.50. The molecule has 0 saturated carbocycles. The van der Waals surface area contributed by atoms with Crippen molar-refractivity contribution in [3.05, 3.63) is 82.3 Å². The van der Waals surface area contributed by atoms with Gasteiger partial charge in [0.25, 0.3) is 11.5 Å². The van der Waals surface area contributed by atoms with E-state index in [0.29, 0.717) is 46.0 Å². The molecule has 0 unspecified atom stereocenters. The number of aromatic nitrogens is 3. The van der Waals surface area contributed by atoms with E-state index in [1.165, 1.54) is 0 Å². The molecular formula is C26H26N4O4. The van der Waals surface area contributed by atoms with E-state index in [1.54, 1.807) is 67.4 Å². The van der Waals surface area contributed by atoms with Crippen LogP contribution in [0, 0.1) is 0 Å². The summed E-state index contributed by atoms with van der Waals surface area (Å²) in [6.07, 6.45) is 2.45. The summed E-state index contributed by atoms with van der Waals surface area (Å²) in [5, 5.41) is 2.90. The molecule has 4 rings (SSSR count). The summed E-state index contributed by atoms with van der Waals surface area (Å²) < 4.78 is 12.3. The van der Waals surface area contributed by atoms with Crippen LogP contribution in [0.4, 0.5) is 0 Å². The normalized spacial score (nSPS) is 10.8. The molecule has 0 aliphatic heterocycles. The fraction of sp³-hybridized carbons (Fsp3) is 0.231. The average molecular weight is 459 g/mol. The highest BCUT2D eigenvalue weighted by Crippen LogP contribution is 2.24. The number of carbonyl (C=O) groups is 1. The Kier molecular flexibility index (Phi) is 6.87. The highest BCUT2D eigenvalue weighted by Gasteiger charge is 2.14. The number of hydrogen-bond acceptors (Lipinski definition) is 6. The highest BCUT2D eigenvalue weighted by atomic mass is 16.5. The van der Waals surface area contributed by atoms with E-state index in [-0.39, 0.29) is 18.0 Å². The fourth-order valence-electron chi connectivity index (χ4n) is 3.77. The quantitative estimate of drug-likeness (QED) is 0.431. The molecular weight excluding hydrogens is 432 g/mol. The van der Waals surface area contributed by atoms with Crippen LogP contribution in [-0.2, 0) is 13.1 Å². The van der Waals surface area contributed by atoms with Crippen LogP contribution in [0.15, 0.2) is 65.6 Å². The second-order valence-corrected chi connectivity index (χ2v) is 7.70. The number of amides is 1. The molecule has 174 valence electrons. The van der Waals surface area contributed by atoms with Crippen LogP contribution in [-0.4, -0.2) is 34.7 Å². The Hall–Kier alpha value is -4.20. The Labute approximate surface area is 197 Å². The van der Waals surface area contributed by atoms with Gasteiger partial charge in [0.2, 0.25) is 0 Å². The standard InChI is InChI=1S/C26H26N4O4/c1-4-14-30-24-21(6-5-13-27-24)29-23(26(30)32)17-7-9-18(10-8-17)25(31)28-16-19-15-20(33-2)11-12-22(19)34-3/h5-13,15H,4,14,16H2,1-3H3,(H,28,31). The second-order valence-electron chi connectivity index (χ2n) is 7.70. The van der Waals surface area contributed by atoms with E-state index in [2.05, 4.69) is 15.3 Å². The number of aryl methyl sites for hydroxylation is 1. The number of hydrogen-bond donors (Lipinski definition) is 1. The third-order valence-corrected chi connectivity index (χ3v) is 5.50. The van der Waals surface area contributed by atoms with Crippen molar-refractivity contribution in [1.82, 2.24) is 19.9 Å². The van der Waals surface area contributed by atoms with Crippen molar-refractivity contribution in [2.24, 2.45) is 0 Å². The molecule has 2 aromatic carbocycles. The lowest BCUT2D eigenvalue weighted by Crippen LogP contribution is -2.24. The number of nitrogens with zero attached hydrogens (tertiary/aromatic N) is 3. The first-order chi connectivity index (χ1) is 16.5. The smallest absolute Gasteiger partial charge is 0.278 e. The van der Waals surface area contributed by atoms with E-state index < -0.39 is 0 Å². The summed E-state index contributed by atoms with van der Waals surface area (Å²) in [5.41, 5.74) is 3.28. The van der Waals surface area contributed by atoms with Gasteiger partial charge in [-0.1, -0.05) is 19.1 Å². The monoisotopic (exact) mass is 458 g/mol. The molecule has 2 heterocycles. The molecule has 8 heteroatoms. The number of methoxy groups -OCH3 is 2. The van der Waals surface area contributed by atoms with Crippen molar-refractivity contribution in [2.45, 2.75) is 26.4 Å². The molecule has 8 nitrogen and oxygen atoms in total. The van der Waals surface area contributed by atoms with Gasteiger partial charge < -0.3 is 14.8 Å². The molecule has 2 aromatic heterocycles. The molecule has 4 aromatic rings. The number of benzene rings is 2. The van der Waals surface area contributed by atoms with Gasteiger partial charge in [0.15, 0.2) is 5.65 Å². The zero-order chi connectivity index (χ0) is 24.1. The second kappa shape index (κ2) is 10.2. The zero-order valence-corrected chi connectivity index (χ0v) is 19.4. The van der Waals surface area contributed by atoms with Crippen molar-refractivity contribution in [3.63, 3.8) is 0 Å². The number of fused-ring (bicyclic) bond motifs is 1. The minimum Gasteiger partial charge on any atom is -0.497 e. The number of ether oxygens (including phenoxy) is 2. The minimum absolute atomic E-state index is 0.199. The van der Waals surface area contributed by atoms with Gasteiger partial charge in [-0.05, 0) is 48.9 Å². The van der Waals surface area contributed by atoms with Crippen molar-refractivity contribution in [2.75, 3.05) is 14.2 Å². The van der Waals surface area contributed by atoms with Crippen molar-refractivity contribution in [3.8, 4) is 22.8 Å². The maximum Gasteiger partial charge on any atom is 0.278 e. The zero-order valence-electron chi connectivity index (χ0n) is 19.4. The molecule has 0 atom stereocenters. The molecule has 0 aliphatic carbocycles. The van der Waals surface area contributed by atoms with Crippen molar-refractivity contribution >= 4 is 17.1 Å². The maximum absolute atomic E-state index is 13.1. The number of pyridine rings is 1. The van der Waals surface area contributed by atoms with Gasteiger partial charge in [0.1, 0.15) is 22.7 Å². The van der Waals surface area contributed by atoms with Gasteiger partial charge in [0, 0.05) is 36.0 Å². The molecule has 0 saturated heterocycles. The minimum atomic E-state index is -0.240. The number of nitrogens with one attached hydrogen (secondary N) is 1. The first-order valence-corrected chi connectivity index (χ1v) is 11.0. The molecule has 0 radical (unpaired) electrons. The third kappa shape index (κ3) is 4.61. The summed E-state index contributed by atoms with van der Waals surface area (Å²) >= 11 is 0. The Balaban J connectivity index is 1.57. The van der Waals surface area contributed by atoms with Gasteiger partial charge in [0.05, 0.1) is 14.2 Å². The van der Waals surface area contributed by atoms with Crippen LogP contribution in [0.25, 0.3) is 22.4 Å². The highest BCUT2D eigenvalue weighted by molar-refractivity contribution is 5.94. The van der Waals surface area contributed by atoms with E-state index in [9.17, 15) is 9.59 Å². The van der Waals surface area contributed by atoms with Gasteiger partial charge in [-0.2, -0.15) is 0 Å². The molecule has 0 aliphatic rings. The van der Waals surface area contributed by atoms with Crippen LogP contribution in [0.3, 0.4) is 0 Å². The summed E-state index contributed by atoms with van der Waals surface area (Å²) in [5.74, 6) is 1.10. The summed E-state index contributed by atoms with van der Waals surface area (Å²) in [4.78, 5) is 34.7. The SMILES string of the molecule is CCCn1c(=O)c(-c2ccc(C(=O)NCc3cc(OC)ccc3OC)cc2)nc2cccnc21. The average Bonchev–Trinajstić information content (AvgIpc) is 2.88. The van der Waals surface area contributed by atoms with Crippen LogP contribution < -0.4 is 20.3 Å². The molecule has 0 bridgehead atoms. The molecule has 1 N–H and O–H groups in total. The lowest BCUT2D eigenvalue weighted by molar-refractivity contribution is 0.0950. The van der Waals surface area contributed by atoms with Gasteiger partial charge >= 0.3 is 0 Å².